The number of H-pyrrole nitrogens is 1. The molecule has 1 atom stereocenters. The minimum absolute atomic E-state index is 0.0411. The summed E-state index contributed by atoms with van der Waals surface area (Å²) in [5, 5.41) is 12.3. The number of aromatic amines is 1. The lowest BCUT2D eigenvalue weighted by molar-refractivity contribution is -0.119. The Kier molecular flexibility index (Phi) is 5.66. The van der Waals surface area contributed by atoms with Gasteiger partial charge in [-0.15, -0.1) is 0 Å². The van der Waals surface area contributed by atoms with Crippen molar-refractivity contribution in [3.63, 3.8) is 0 Å². The summed E-state index contributed by atoms with van der Waals surface area (Å²) in [5.74, 6) is 1.17. The van der Waals surface area contributed by atoms with Crippen LogP contribution in [0, 0.1) is 18.3 Å². The molecular weight excluding hydrogens is 368 g/mol. The van der Waals surface area contributed by atoms with Gasteiger partial charge in [0, 0.05) is 5.69 Å². The summed E-state index contributed by atoms with van der Waals surface area (Å²) >= 11 is 1.06. The molecule has 1 aliphatic rings. The van der Waals surface area contributed by atoms with E-state index in [1.165, 1.54) is 0 Å². The molecule has 8 nitrogen and oxygen atoms in total. The first-order chi connectivity index (χ1) is 13.0. The van der Waals surface area contributed by atoms with Crippen molar-refractivity contribution >= 4 is 17.7 Å². The van der Waals surface area contributed by atoms with Crippen LogP contribution in [-0.4, -0.2) is 34.8 Å². The molecule has 2 N–H and O–H groups in total. The van der Waals surface area contributed by atoms with E-state index in [4.69, 9.17) is 9.47 Å². The van der Waals surface area contributed by atoms with Crippen LogP contribution in [0.5, 0.6) is 11.5 Å². The fourth-order valence-electron chi connectivity index (χ4n) is 2.63. The van der Waals surface area contributed by atoms with Crippen molar-refractivity contribution in [1.82, 2.24) is 15.3 Å². The number of aromatic nitrogens is 2. The van der Waals surface area contributed by atoms with E-state index in [2.05, 4.69) is 15.3 Å². The summed E-state index contributed by atoms with van der Waals surface area (Å²) in [6.45, 7) is 4.51. The van der Waals surface area contributed by atoms with Crippen LogP contribution in [0.3, 0.4) is 0 Å². The average molecular weight is 386 g/mol. The zero-order valence-corrected chi connectivity index (χ0v) is 15.7. The van der Waals surface area contributed by atoms with E-state index in [0.717, 1.165) is 17.3 Å². The molecule has 0 aliphatic carbocycles. The maximum atomic E-state index is 12.3. The molecule has 27 heavy (non-hydrogen) atoms. The number of aryl methyl sites for hydroxylation is 1. The molecule has 140 valence electrons. The third-order valence-electron chi connectivity index (χ3n) is 3.98. The number of benzene rings is 1. The Morgan fingerprint density at radius 2 is 2.15 bits per heavy atom. The van der Waals surface area contributed by atoms with Gasteiger partial charge in [-0.25, -0.2) is 4.79 Å². The van der Waals surface area contributed by atoms with Crippen LogP contribution in [-0.2, 0) is 4.79 Å². The highest BCUT2D eigenvalue weighted by atomic mass is 32.2. The fourth-order valence-corrected chi connectivity index (χ4v) is 3.47. The monoisotopic (exact) mass is 386 g/mol. The zero-order chi connectivity index (χ0) is 19.4. The molecule has 0 saturated carbocycles. The van der Waals surface area contributed by atoms with Crippen LogP contribution in [0.25, 0.3) is 0 Å². The summed E-state index contributed by atoms with van der Waals surface area (Å²) < 4.78 is 11.1. The number of thioether (sulfide) groups is 1. The van der Waals surface area contributed by atoms with Crippen LogP contribution in [0.1, 0.15) is 29.8 Å². The minimum atomic E-state index is -0.543. The van der Waals surface area contributed by atoms with Crippen molar-refractivity contribution in [2.45, 2.75) is 24.9 Å². The van der Waals surface area contributed by atoms with Crippen LogP contribution in [0.2, 0.25) is 0 Å². The third-order valence-corrected chi connectivity index (χ3v) is 4.96. The molecule has 0 bridgehead atoms. The normalized spacial score (nSPS) is 13.5. The van der Waals surface area contributed by atoms with E-state index in [-0.39, 0.29) is 28.3 Å². The van der Waals surface area contributed by atoms with Crippen LogP contribution < -0.4 is 20.5 Å². The Bertz CT molecular complexity index is 967. The van der Waals surface area contributed by atoms with Gasteiger partial charge in [0.05, 0.1) is 11.8 Å². The second-order valence-corrected chi connectivity index (χ2v) is 6.90. The van der Waals surface area contributed by atoms with Gasteiger partial charge in [-0.3, -0.25) is 4.79 Å². The molecule has 1 aromatic carbocycles. The van der Waals surface area contributed by atoms with Crippen molar-refractivity contribution in [3.05, 3.63) is 45.5 Å². The lowest BCUT2D eigenvalue weighted by Gasteiger charge is -2.21. The quantitative estimate of drug-likeness (QED) is 0.593. The number of rotatable bonds is 5. The van der Waals surface area contributed by atoms with Gasteiger partial charge in [0.2, 0.25) is 5.91 Å². The van der Waals surface area contributed by atoms with Crippen molar-refractivity contribution in [2.24, 2.45) is 0 Å². The highest BCUT2D eigenvalue weighted by molar-refractivity contribution is 8.00. The smallest absolute Gasteiger partial charge is 0.346 e. The Labute approximate surface area is 159 Å². The standard InChI is InChI=1S/C18H18N4O4S/c1-10(12-3-4-14-15(7-12)26-6-5-25-14)20-16(23)9-27-17-13(8-19)11(2)21-18(24)22-17/h3-4,7,10H,5-6,9H2,1-2H3,(H,20,23)(H,21,22,24). The lowest BCUT2D eigenvalue weighted by atomic mass is 10.1. The van der Waals surface area contributed by atoms with Crippen molar-refractivity contribution in [1.29, 1.82) is 5.26 Å². The van der Waals surface area contributed by atoms with Crippen LogP contribution >= 0.6 is 11.8 Å². The van der Waals surface area contributed by atoms with E-state index in [0.29, 0.717) is 30.4 Å². The number of amides is 1. The largest absolute Gasteiger partial charge is 0.486 e. The SMILES string of the molecule is Cc1[nH]c(=O)nc(SCC(=O)NC(C)c2ccc3c(c2)OCCO3)c1C#N. The summed E-state index contributed by atoms with van der Waals surface area (Å²) in [7, 11) is 0. The Balaban J connectivity index is 1.63. The fraction of sp³-hybridized carbons (Fsp3) is 0.333. The molecule has 1 aromatic heterocycles. The van der Waals surface area contributed by atoms with Gasteiger partial charge in [0.15, 0.2) is 11.5 Å². The minimum Gasteiger partial charge on any atom is -0.486 e. The maximum absolute atomic E-state index is 12.3. The zero-order valence-electron chi connectivity index (χ0n) is 14.9. The van der Waals surface area contributed by atoms with E-state index < -0.39 is 5.69 Å². The number of fused-ring (bicyclic) bond motifs is 1. The number of hydrogen-bond acceptors (Lipinski definition) is 7. The first-order valence-corrected chi connectivity index (χ1v) is 9.29. The van der Waals surface area contributed by atoms with E-state index in [1.807, 2.05) is 31.2 Å². The molecule has 1 amide bonds. The third kappa shape index (κ3) is 4.41. The van der Waals surface area contributed by atoms with E-state index >= 15 is 0 Å². The number of hydrogen-bond donors (Lipinski definition) is 2. The molecule has 2 aromatic rings. The summed E-state index contributed by atoms with van der Waals surface area (Å²) in [6, 6.07) is 7.31. The van der Waals surface area contributed by atoms with Crippen LogP contribution in [0.15, 0.2) is 28.0 Å². The lowest BCUT2D eigenvalue weighted by Crippen LogP contribution is -2.28. The first kappa shape index (κ1) is 18.8. The molecule has 0 saturated heterocycles. The van der Waals surface area contributed by atoms with Crippen molar-refractivity contribution < 1.29 is 14.3 Å². The van der Waals surface area contributed by atoms with Gasteiger partial charge < -0.3 is 19.8 Å². The summed E-state index contributed by atoms with van der Waals surface area (Å²) in [5.41, 5.74) is 1.05. The molecule has 0 radical (unpaired) electrons. The van der Waals surface area contributed by atoms with Gasteiger partial charge in [-0.05, 0) is 31.5 Å². The summed E-state index contributed by atoms with van der Waals surface area (Å²) in [4.78, 5) is 30.0. The molecule has 0 fully saturated rings. The number of carbonyl (C=O) groups is 1. The second-order valence-electron chi connectivity index (χ2n) is 5.94. The molecular formula is C18H18N4O4S. The number of carbonyl (C=O) groups excluding carboxylic acids is 1. The Hall–Kier alpha value is -2.99. The van der Waals surface area contributed by atoms with Crippen molar-refractivity contribution in [2.75, 3.05) is 19.0 Å². The number of nitrogens with zero attached hydrogens (tertiary/aromatic N) is 2. The number of nitrogens with one attached hydrogen (secondary N) is 2. The average Bonchev–Trinajstić information content (AvgIpc) is 2.65. The van der Waals surface area contributed by atoms with Crippen LogP contribution in [0.4, 0.5) is 0 Å². The van der Waals surface area contributed by atoms with Crippen molar-refractivity contribution in [3.8, 4) is 17.6 Å². The Morgan fingerprint density at radius 1 is 1.41 bits per heavy atom. The highest BCUT2D eigenvalue weighted by Crippen LogP contribution is 2.32. The second kappa shape index (κ2) is 8.14. The first-order valence-electron chi connectivity index (χ1n) is 8.30. The Morgan fingerprint density at radius 3 is 2.89 bits per heavy atom. The number of nitriles is 1. The van der Waals surface area contributed by atoms with Gasteiger partial charge in [-0.2, -0.15) is 10.2 Å². The highest BCUT2D eigenvalue weighted by Gasteiger charge is 2.17. The van der Waals surface area contributed by atoms with Gasteiger partial charge in [0.25, 0.3) is 0 Å². The van der Waals surface area contributed by atoms with E-state index in [1.54, 1.807) is 6.92 Å². The molecule has 1 unspecified atom stereocenters. The molecule has 9 heteroatoms. The van der Waals surface area contributed by atoms with E-state index in [9.17, 15) is 14.9 Å². The van der Waals surface area contributed by atoms with Gasteiger partial charge in [-0.1, -0.05) is 17.8 Å². The predicted octanol–water partition coefficient (Wildman–Crippen LogP) is 1.69. The maximum Gasteiger partial charge on any atom is 0.346 e. The summed E-state index contributed by atoms with van der Waals surface area (Å²) in [6.07, 6.45) is 0. The molecule has 0 spiro atoms. The number of ether oxygens (including phenoxy) is 2. The van der Waals surface area contributed by atoms with Gasteiger partial charge >= 0.3 is 5.69 Å². The van der Waals surface area contributed by atoms with Gasteiger partial charge in [0.1, 0.15) is 29.9 Å². The molecule has 3 rings (SSSR count). The molecule has 2 heterocycles. The topological polar surface area (TPSA) is 117 Å². The molecule has 1 aliphatic heterocycles. The predicted molar refractivity (Wildman–Crippen MR) is 99.0 cm³/mol.